The largest absolute Gasteiger partial charge is 0.197 e. The molecule has 0 spiro atoms. The summed E-state index contributed by atoms with van der Waals surface area (Å²) >= 11 is 0. The van der Waals surface area contributed by atoms with E-state index in [1.807, 2.05) is 0 Å². The van der Waals surface area contributed by atoms with E-state index in [9.17, 15) is 0 Å². The fourth-order valence-corrected chi connectivity index (χ4v) is 0. The molecule has 0 fully saturated rings. The summed E-state index contributed by atoms with van der Waals surface area (Å²) in [4.78, 5) is 0. The molecule has 0 rings (SSSR count). The van der Waals surface area contributed by atoms with Gasteiger partial charge in [-0.3, -0.25) is 0 Å². The molecule has 0 saturated carbocycles. The summed E-state index contributed by atoms with van der Waals surface area (Å²) in [5, 5.41) is 0. The van der Waals surface area contributed by atoms with Crippen LogP contribution in [0.2, 0.25) is 0 Å². The second-order valence-corrected chi connectivity index (χ2v) is 0. The molecule has 0 aliphatic rings. The maximum atomic E-state index is 0. The van der Waals surface area contributed by atoms with E-state index in [1.165, 1.54) is 0 Å². The third-order valence-corrected chi connectivity index (χ3v) is 0. The van der Waals surface area contributed by atoms with Crippen LogP contribution in [-0.4, -0.2) is 0 Å². The standard InChI is InChI=1S/ClH.Cu.Fe.Mn.Mo.H2S.Zn/h1H;;;;;1H2;. The first-order valence-electron chi connectivity index (χ1n) is 0. The third-order valence-electron chi connectivity index (χ3n) is 0. The number of hydrogen-bond acceptors (Lipinski definition) is 0. The van der Waals surface area contributed by atoms with Gasteiger partial charge in [0, 0.05) is 91.7 Å². The molecule has 7 heavy (non-hydrogen) atoms. The first-order chi connectivity index (χ1) is 0. The van der Waals surface area contributed by atoms with Crippen molar-refractivity contribution in [2.45, 2.75) is 0 Å². The zero-order valence-electron chi connectivity index (χ0n) is 3.06. The molecule has 0 atom stereocenters. The molecule has 0 N–H and O–H groups in total. The Hall–Kier alpha value is 3.51. The zero-order valence-corrected chi connectivity index (χ0v) is 13.1. The minimum atomic E-state index is 0. The third kappa shape index (κ3) is 43.5. The van der Waals surface area contributed by atoms with Crippen molar-refractivity contribution in [3.8, 4) is 0 Å². The Morgan fingerprint density at radius 1 is 1.00 bits per heavy atom. The Morgan fingerprint density at radius 2 is 1.00 bits per heavy atom. The van der Waals surface area contributed by atoms with Gasteiger partial charge >= 0.3 is 0 Å². The van der Waals surface area contributed by atoms with E-state index in [0.717, 1.165) is 0 Å². The summed E-state index contributed by atoms with van der Waals surface area (Å²) < 4.78 is 0. The van der Waals surface area contributed by atoms with Gasteiger partial charge in [-0.05, 0) is 0 Å². The molecule has 0 heterocycles. The van der Waals surface area contributed by atoms with Crippen molar-refractivity contribution in [2.24, 2.45) is 0 Å². The van der Waals surface area contributed by atoms with Crippen LogP contribution in [0.4, 0.5) is 0 Å². The van der Waals surface area contributed by atoms with E-state index in [1.54, 1.807) is 0 Å². The normalized spacial score (nSPS) is 0. The Balaban J connectivity index is 0. The fourth-order valence-electron chi connectivity index (χ4n) is 0. The Kier molecular flexibility index (Phi) is 616. The molecule has 0 aromatic heterocycles. The van der Waals surface area contributed by atoms with Gasteiger partial charge < -0.3 is 0 Å². The summed E-state index contributed by atoms with van der Waals surface area (Å²) in [5.41, 5.74) is 0. The number of hydrogen-bond donors (Lipinski definition) is 0. The van der Waals surface area contributed by atoms with E-state index in [0.29, 0.717) is 0 Å². The Labute approximate surface area is 116 Å². The summed E-state index contributed by atoms with van der Waals surface area (Å²) in [7, 11) is 0. The molecular formula is H3ClCuFeMnMoSZn. The molecule has 2 radical (unpaired) electrons. The van der Waals surface area contributed by atoms with Gasteiger partial charge in [0.1, 0.15) is 0 Å². The minimum Gasteiger partial charge on any atom is -0.197 e. The van der Waals surface area contributed by atoms with E-state index in [2.05, 4.69) is 0 Å². The fraction of sp³-hybridized carbons (Fsp3) is 0. The Bertz CT molecular complexity index is 19.7. The molecule has 0 nitrogen and oxygen atoms in total. The van der Waals surface area contributed by atoms with Crippen LogP contribution in [0.25, 0.3) is 0 Å². The zero-order chi connectivity index (χ0) is 0. The minimum absolute atomic E-state index is 0. The molecule has 0 saturated heterocycles. The summed E-state index contributed by atoms with van der Waals surface area (Å²) in [6.45, 7) is 0. The maximum absolute atomic E-state index is 0. The summed E-state index contributed by atoms with van der Waals surface area (Å²) in [6, 6.07) is 0. The number of rotatable bonds is 0. The quantitative estimate of drug-likeness (QED) is 0.515. The first kappa shape index (κ1) is 77.1. The van der Waals surface area contributed by atoms with Gasteiger partial charge in [-0.1, -0.05) is 0 Å². The van der Waals surface area contributed by atoms with Gasteiger partial charge in [-0.25, -0.2) is 0 Å². The molecule has 7 heteroatoms. The second-order valence-electron chi connectivity index (χ2n) is 0. The molecule has 0 aliphatic carbocycles. The molecule has 0 bridgehead atoms. The topological polar surface area (TPSA) is 0 Å². The summed E-state index contributed by atoms with van der Waals surface area (Å²) in [6.07, 6.45) is 0. The van der Waals surface area contributed by atoms with Crippen LogP contribution in [0.1, 0.15) is 0 Å². The van der Waals surface area contributed by atoms with Crippen molar-refractivity contribution >= 4 is 25.9 Å². The summed E-state index contributed by atoms with van der Waals surface area (Å²) in [5.74, 6) is 0. The predicted molar refractivity (Wildman–Crippen MR) is 17.6 cm³/mol. The van der Waals surface area contributed by atoms with Gasteiger partial charge in [0.25, 0.3) is 0 Å². The smallest absolute Gasteiger partial charge is 0 e. The van der Waals surface area contributed by atoms with Crippen molar-refractivity contribution in [3.05, 3.63) is 0 Å². The SMILES string of the molecule is Cl.S.[Cu].[Fe].[Mn].[Mo].[Zn]. The van der Waals surface area contributed by atoms with Crippen LogP contribution in [0.5, 0.6) is 0 Å². The van der Waals surface area contributed by atoms with E-state index in [4.69, 9.17) is 0 Å². The van der Waals surface area contributed by atoms with Crippen molar-refractivity contribution in [3.63, 3.8) is 0 Å². The van der Waals surface area contributed by atoms with Crippen molar-refractivity contribution in [1.29, 1.82) is 0 Å². The molecule has 0 aromatic carbocycles. The van der Waals surface area contributed by atoms with E-state index < -0.39 is 0 Å². The van der Waals surface area contributed by atoms with Crippen molar-refractivity contribution < 1.29 is 91.7 Å². The van der Waals surface area contributed by atoms with Crippen LogP contribution in [-0.2, 0) is 91.7 Å². The molecule has 50 valence electrons. The van der Waals surface area contributed by atoms with Gasteiger partial charge in [0.2, 0.25) is 0 Å². The average Bonchev–Trinajstić information content (AvgIpc) is 0. The van der Waals surface area contributed by atoms with Crippen molar-refractivity contribution in [2.75, 3.05) is 0 Å². The van der Waals surface area contributed by atoms with Gasteiger partial charge in [0.05, 0.1) is 0 Å². The van der Waals surface area contributed by atoms with Crippen LogP contribution in [0.3, 0.4) is 0 Å². The van der Waals surface area contributed by atoms with E-state index in [-0.39, 0.29) is 118 Å². The molecule has 0 aliphatic heterocycles. The van der Waals surface area contributed by atoms with Crippen LogP contribution < -0.4 is 0 Å². The molecule has 0 unspecified atom stereocenters. The Morgan fingerprint density at radius 3 is 1.00 bits per heavy atom. The van der Waals surface area contributed by atoms with Gasteiger partial charge in [-0.15, -0.1) is 12.4 Å². The van der Waals surface area contributed by atoms with Crippen molar-refractivity contribution in [1.82, 2.24) is 0 Å². The van der Waals surface area contributed by atoms with Gasteiger partial charge in [-0.2, -0.15) is 13.5 Å². The average molecular weight is 406 g/mol. The number of halogens is 1. The first-order valence-corrected chi connectivity index (χ1v) is 0. The van der Waals surface area contributed by atoms with Crippen LogP contribution in [0, 0.1) is 0 Å². The maximum Gasteiger partial charge on any atom is 0 e. The predicted octanol–water partition coefficient (Wildman–Crippen LogP) is 0.522. The second kappa shape index (κ2) is 55.9. The van der Waals surface area contributed by atoms with Crippen LogP contribution in [0.15, 0.2) is 0 Å². The molecule has 0 aromatic rings. The van der Waals surface area contributed by atoms with E-state index >= 15 is 0 Å². The van der Waals surface area contributed by atoms with Crippen LogP contribution >= 0.6 is 25.9 Å². The monoisotopic (exact) mass is 406 g/mol. The molecular weight excluding hydrogens is 403 g/mol. The van der Waals surface area contributed by atoms with Gasteiger partial charge in [0.15, 0.2) is 0 Å². The molecule has 0 amide bonds.